The van der Waals surface area contributed by atoms with Crippen molar-refractivity contribution in [3.05, 3.63) is 11.9 Å². The number of nitrogens with two attached hydrogens (primary N) is 1. The number of nitrogen functional groups attached to an aromatic ring is 1. The zero-order valence-electron chi connectivity index (χ0n) is 10.9. The van der Waals surface area contributed by atoms with Crippen molar-refractivity contribution >= 4 is 11.6 Å². The Morgan fingerprint density at radius 3 is 2.59 bits per heavy atom. The van der Waals surface area contributed by atoms with Crippen molar-refractivity contribution in [1.82, 2.24) is 9.97 Å². The molecule has 96 valence electrons. The first-order valence-corrected chi connectivity index (χ1v) is 6.17. The summed E-state index contributed by atoms with van der Waals surface area (Å²) in [6, 6.07) is 2.18. The molecule has 1 aromatic rings. The van der Waals surface area contributed by atoms with E-state index in [1.165, 1.54) is 0 Å². The van der Waals surface area contributed by atoms with Gasteiger partial charge in [0, 0.05) is 18.7 Å². The molecule has 1 rings (SSSR count). The van der Waals surface area contributed by atoms with Crippen LogP contribution in [0.2, 0.25) is 0 Å². The van der Waals surface area contributed by atoms with Gasteiger partial charge in [0.15, 0.2) is 5.82 Å². The van der Waals surface area contributed by atoms with Crippen molar-refractivity contribution in [3.63, 3.8) is 0 Å². The Labute approximate surface area is 103 Å². The predicted octanol–water partition coefficient (Wildman–Crippen LogP) is 2.20. The smallest absolute Gasteiger partial charge is 0.158 e. The van der Waals surface area contributed by atoms with E-state index in [9.17, 15) is 0 Å². The average molecular weight is 238 g/mol. The second kappa shape index (κ2) is 7.06. The van der Waals surface area contributed by atoms with Crippen molar-refractivity contribution in [2.45, 2.75) is 46.3 Å². The average Bonchev–Trinajstić information content (AvgIpc) is 2.32. The van der Waals surface area contributed by atoms with E-state index in [0.717, 1.165) is 18.7 Å². The molecule has 1 heterocycles. The number of rotatable bonds is 7. The van der Waals surface area contributed by atoms with E-state index < -0.39 is 0 Å². The SMILES string of the molecule is CCOCc1nc(N)cc(NC(CC)CC)n1. The number of hydrogen-bond acceptors (Lipinski definition) is 5. The molecule has 5 heteroatoms. The first kappa shape index (κ1) is 13.7. The molecule has 0 saturated carbocycles. The second-order valence-electron chi connectivity index (χ2n) is 3.89. The van der Waals surface area contributed by atoms with Gasteiger partial charge in [-0.25, -0.2) is 9.97 Å². The molecule has 0 atom stereocenters. The summed E-state index contributed by atoms with van der Waals surface area (Å²) in [6.07, 6.45) is 2.11. The largest absolute Gasteiger partial charge is 0.384 e. The van der Waals surface area contributed by atoms with Crippen molar-refractivity contribution in [2.75, 3.05) is 17.7 Å². The van der Waals surface area contributed by atoms with Crippen molar-refractivity contribution in [2.24, 2.45) is 0 Å². The second-order valence-corrected chi connectivity index (χ2v) is 3.89. The molecule has 17 heavy (non-hydrogen) atoms. The monoisotopic (exact) mass is 238 g/mol. The van der Waals surface area contributed by atoms with Gasteiger partial charge in [-0.1, -0.05) is 13.8 Å². The Morgan fingerprint density at radius 1 is 1.29 bits per heavy atom. The molecule has 0 fully saturated rings. The third-order valence-electron chi connectivity index (χ3n) is 2.57. The lowest BCUT2D eigenvalue weighted by Gasteiger charge is -2.16. The summed E-state index contributed by atoms with van der Waals surface area (Å²) in [5, 5.41) is 3.35. The van der Waals surface area contributed by atoms with Gasteiger partial charge in [0.2, 0.25) is 0 Å². The van der Waals surface area contributed by atoms with Gasteiger partial charge in [-0.3, -0.25) is 0 Å². The van der Waals surface area contributed by atoms with Gasteiger partial charge < -0.3 is 15.8 Å². The lowest BCUT2D eigenvalue weighted by Crippen LogP contribution is -2.19. The maximum absolute atomic E-state index is 5.74. The van der Waals surface area contributed by atoms with Gasteiger partial charge in [-0.2, -0.15) is 0 Å². The summed E-state index contributed by atoms with van der Waals surface area (Å²) in [4.78, 5) is 8.51. The predicted molar refractivity (Wildman–Crippen MR) is 69.8 cm³/mol. The Balaban J connectivity index is 2.74. The van der Waals surface area contributed by atoms with Crippen LogP contribution in [0.3, 0.4) is 0 Å². The highest BCUT2D eigenvalue weighted by Crippen LogP contribution is 2.12. The van der Waals surface area contributed by atoms with Gasteiger partial charge in [0.25, 0.3) is 0 Å². The van der Waals surface area contributed by atoms with Gasteiger partial charge >= 0.3 is 0 Å². The van der Waals surface area contributed by atoms with E-state index in [2.05, 4.69) is 29.1 Å². The number of ether oxygens (including phenoxy) is 1. The third-order valence-corrected chi connectivity index (χ3v) is 2.57. The molecule has 0 spiro atoms. The van der Waals surface area contributed by atoms with E-state index in [1.807, 2.05) is 6.92 Å². The highest BCUT2D eigenvalue weighted by Gasteiger charge is 2.07. The molecule has 5 nitrogen and oxygen atoms in total. The number of nitrogens with one attached hydrogen (secondary N) is 1. The van der Waals surface area contributed by atoms with Crippen LogP contribution in [0.1, 0.15) is 39.4 Å². The van der Waals surface area contributed by atoms with Crippen LogP contribution >= 0.6 is 0 Å². The quantitative estimate of drug-likeness (QED) is 0.761. The minimum atomic E-state index is 0.402. The zero-order chi connectivity index (χ0) is 12.7. The molecule has 1 aromatic heterocycles. The summed E-state index contributed by atoms with van der Waals surface area (Å²) in [7, 11) is 0. The fourth-order valence-electron chi connectivity index (χ4n) is 1.55. The lowest BCUT2D eigenvalue weighted by atomic mass is 10.2. The first-order chi connectivity index (χ1) is 8.19. The lowest BCUT2D eigenvalue weighted by molar-refractivity contribution is 0.128. The molecule has 0 amide bonds. The molecule has 0 aliphatic heterocycles. The molecule has 0 aromatic carbocycles. The van der Waals surface area contributed by atoms with Crippen LogP contribution in [-0.4, -0.2) is 22.6 Å². The number of hydrogen-bond donors (Lipinski definition) is 2. The van der Waals surface area contributed by atoms with Crippen LogP contribution in [0.15, 0.2) is 6.07 Å². The van der Waals surface area contributed by atoms with E-state index in [1.54, 1.807) is 6.07 Å². The minimum absolute atomic E-state index is 0.402. The molecule has 0 aliphatic carbocycles. The zero-order valence-corrected chi connectivity index (χ0v) is 10.9. The highest BCUT2D eigenvalue weighted by atomic mass is 16.5. The summed E-state index contributed by atoms with van der Waals surface area (Å²) in [5.74, 6) is 1.88. The van der Waals surface area contributed by atoms with Crippen molar-refractivity contribution in [1.29, 1.82) is 0 Å². The Kier molecular flexibility index (Phi) is 5.69. The first-order valence-electron chi connectivity index (χ1n) is 6.17. The normalized spacial score (nSPS) is 10.8. The van der Waals surface area contributed by atoms with Gasteiger partial charge in [-0.15, -0.1) is 0 Å². The van der Waals surface area contributed by atoms with Crippen molar-refractivity contribution in [3.8, 4) is 0 Å². The van der Waals surface area contributed by atoms with Gasteiger partial charge in [0.1, 0.15) is 18.2 Å². The van der Waals surface area contributed by atoms with Crippen LogP contribution in [0, 0.1) is 0 Å². The standard InChI is InChI=1S/C12H22N4O/c1-4-9(5-2)14-11-7-10(13)15-12(16-11)8-17-6-3/h7,9H,4-6,8H2,1-3H3,(H3,13,14,15,16). The van der Waals surface area contributed by atoms with Gasteiger partial charge in [0.05, 0.1) is 0 Å². The molecule has 0 radical (unpaired) electrons. The Hall–Kier alpha value is -1.36. The maximum atomic E-state index is 5.74. The Morgan fingerprint density at radius 2 is 2.00 bits per heavy atom. The minimum Gasteiger partial charge on any atom is -0.384 e. The van der Waals surface area contributed by atoms with Crippen LogP contribution in [0.25, 0.3) is 0 Å². The van der Waals surface area contributed by atoms with Crippen LogP contribution in [-0.2, 0) is 11.3 Å². The molecule has 0 unspecified atom stereocenters. The fraction of sp³-hybridized carbons (Fsp3) is 0.667. The topological polar surface area (TPSA) is 73.1 Å². The summed E-state index contributed by atoms with van der Waals surface area (Å²) < 4.78 is 5.28. The molecule has 0 saturated heterocycles. The fourth-order valence-corrected chi connectivity index (χ4v) is 1.55. The van der Waals surface area contributed by atoms with E-state index in [4.69, 9.17) is 10.5 Å². The number of aromatic nitrogens is 2. The molecular weight excluding hydrogens is 216 g/mol. The van der Waals surface area contributed by atoms with Crippen LogP contribution in [0.4, 0.5) is 11.6 Å². The molecule has 3 N–H and O–H groups in total. The summed E-state index contributed by atoms with van der Waals surface area (Å²) in [6.45, 7) is 7.28. The third kappa shape index (κ3) is 4.56. The molecule has 0 aliphatic rings. The molecule has 0 bridgehead atoms. The highest BCUT2D eigenvalue weighted by molar-refractivity contribution is 5.45. The number of anilines is 2. The number of nitrogens with zero attached hydrogens (tertiary/aromatic N) is 2. The van der Waals surface area contributed by atoms with E-state index >= 15 is 0 Å². The van der Waals surface area contributed by atoms with Gasteiger partial charge in [-0.05, 0) is 19.8 Å². The summed E-state index contributed by atoms with van der Waals surface area (Å²) >= 11 is 0. The maximum Gasteiger partial charge on any atom is 0.158 e. The van der Waals surface area contributed by atoms with Crippen LogP contribution < -0.4 is 11.1 Å². The summed E-state index contributed by atoms with van der Waals surface area (Å²) in [5.41, 5.74) is 5.74. The van der Waals surface area contributed by atoms with Crippen molar-refractivity contribution < 1.29 is 4.74 Å². The Bertz CT molecular complexity index is 339. The van der Waals surface area contributed by atoms with E-state index in [0.29, 0.717) is 30.9 Å². The van der Waals surface area contributed by atoms with Crippen LogP contribution in [0.5, 0.6) is 0 Å². The molecular formula is C12H22N4O. The van der Waals surface area contributed by atoms with E-state index in [-0.39, 0.29) is 0 Å².